The highest BCUT2D eigenvalue weighted by Crippen LogP contribution is 2.42. The van der Waals surface area contributed by atoms with Crippen molar-refractivity contribution < 1.29 is 14.3 Å². The standard InChI is InChI=1S/C17H22BrNO3/c1-17(2,3)22-16(20)19-9-11-6-7-21-15-5-4-12(18)8-13(15)14(11)10-19/h4-5,8,11,14H,6-7,9-10H2,1-3H3/t11-,14-/m0/s1. The van der Waals surface area contributed by atoms with E-state index in [0.717, 1.165) is 23.2 Å². The second-order valence-electron chi connectivity index (χ2n) is 7.07. The molecule has 0 unspecified atom stereocenters. The number of ether oxygens (including phenoxy) is 2. The normalized spacial score (nSPS) is 24.1. The molecule has 3 rings (SSSR count). The van der Waals surface area contributed by atoms with Crippen molar-refractivity contribution >= 4 is 22.0 Å². The molecule has 4 nitrogen and oxygen atoms in total. The SMILES string of the molecule is CC(C)(C)OC(=O)N1C[C@@H]2CCOc3ccc(Br)cc3[C@H]2C1. The molecule has 0 aromatic heterocycles. The van der Waals surface area contributed by atoms with Gasteiger partial charge in [0.1, 0.15) is 11.4 Å². The first-order chi connectivity index (χ1) is 10.3. The average Bonchev–Trinajstić information content (AvgIpc) is 2.76. The van der Waals surface area contributed by atoms with Gasteiger partial charge in [0.15, 0.2) is 0 Å². The molecule has 1 amide bonds. The molecule has 1 saturated heterocycles. The molecule has 0 bridgehead atoms. The molecule has 0 saturated carbocycles. The van der Waals surface area contributed by atoms with Crippen LogP contribution in [0.4, 0.5) is 4.79 Å². The first-order valence-corrected chi connectivity index (χ1v) is 8.53. The Kier molecular flexibility index (Phi) is 4.10. The lowest BCUT2D eigenvalue weighted by atomic mass is 9.87. The topological polar surface area (TPSA) is 38.8 Å². The van der Waals surface area contributed by atoms with Gasteiger partial charge in [-0.15, -0.1) is 0 Å². The summed E-state index contributed by atoms with van der Waals surface area (Å²) in [6.45, 7) is 7.86. The first kappa shape index (κ1) is 15.7. The maximum Gasteiger partial charge on any atom is 0.410 e. The maximum absolute atomic E-state index is 12.3. The molecular formula is C17H22BrNO3. The van der Waals surface area contributed by atoms with Crippen molar-refractivity contribution in [1.29, 1.82) is 0 Å². The number of hydrogen-bond acceptors (Lipinski definition) is 3. The van der Waals surface area contributed by atoms with Crippen LogP contribution >= 0.6 is 15.9 Å². The Balaban J connectivity index is 1.82. The van der Waals surface area contributed by atoms with Gasteiger partial charge in [-0.3, -0.25) is 0 Å². The maximum atomic E-state index is 12.3. The van der Waals surface area contributed by atoms with E-state index in [-0.39, 0.29) is 6.09 Å². The van der Waals surface area contributed by atoms with Gasteiger partial charge in [0.2, 0.25) is 0 Å². The van der Waals surface area contributed by atoms with E-state index in [9.17, 15) is 4.79 Å². The van der Waals surface area contributed by atoms with Crippen LogP contribution in [0.2, 0.25) is 0 Å². The van der Waals surface area contributed by atoms with Gasteiger partial charge in [-0.2, -0.15) is 0 Å². The highest BCUT2D eigenvalue weighted by atomic mass is 79.9. The van der Waals surface area contributed by atoms with E-state index < -0.39 is 5.60 Å². The second-order valence-corrected chi connectivity index (χ2v) is 7.99. The van der Waals surface area contributed by atoms with Crippen LogP contribution in [-0.2, 0) is 4.74 Å². The van der Waals surface area contributed by atoms with Crippen molar-refractivity contribution in [3.05, 3.63) is 28.2 Å². The molecule has 1 aromatic carbocycles. The quantitative estimate of drug-likeness (QED) is 0.690. The summed E-state index contributed by atoms with van der Waals surface area (Å²) in [7, 11) is 0. The van der Waals surface area contributed by atoms with Crippen molar-refractivity contribution in [2.45, 2.75) is 38.7 Å². The Morgan fingerprint density at radius 1 is 1.36 bits per heavy atom. The summed E-state index contributed by atoms with van der Waals surface area (Å²) in [6.07, 6.45) is 0.758. The zero-order chi connectivity index (χ0) is 15.9. The molecule has 0 radical (unpaired) electrons. The predicted molar refractivity (Wildman–Crippen MR) is 88.3 cm³/mol. The summed E-state index contributed by atoms with van der Waals surface area (Å²) in [6, 6.07) is 6.13. The Morgan fingerprint density at radius 2 is 2.14 bits per heavy atom. The zero-order valence-electron chi connectivity index (χ0n) is 13.3. The molecule has 22 heavy (non-hydrogen) atoms. The number of halogens is 1. The van der Waals surface area contributed by atoms with Crippen LogP contribution < -0.4 is 4.74 Å². The van der Waals surface area contributed by atoms with E-state index in [1.54, 1.807) is 0 Å². The van der Waals surface area contributed by atoms with Crippen LogP contribution in [0.3, 0.4) is 0 Å². The Hall–Kier alpha value is -1.23. The predicted octanol–water partition coefficient (Wildman–Crippen LogP) is 4.18. The third-order valence-electron chi connectivity index (χ3n) is 4.21. The van der Waals surface area contributed by atoms with E-state index in [1.165, 1.54) is 5.56 Å². The fourth-order valence-corrected chi connectivity index (χ4v) is 3.63. The van der Waals surface area contributed by atoms with Gasteiger partial charge in [-0.1, -0.05) is 15.9 Å². The van der Waals surface area contributed by atoms with Crippen LogP contribution in [-0.4, -0.2) is 36.3 Å². The van der Waals surface area contributed by atoms with Gasteiger partial charge < -0.3 is 14.4 Å². The highest BCUT2D eigenvalue weighted by Gasteiger charge is 2.40. The fourth-order valence-electron chi connectivity index (χ4n) is 3.25. The van der Waals surface area contributed by atoms with E-state index in [2.05, 4.69) is 22.0 Å². The summed E-state index contributed by atoms with van der Waals surface area (Å²) in [5.41, 5.74) is 0.745. The lowest BCUT2D eigenvalue weighted by Crippen LogP contribution is -2.35. The summed E-state index contributed by atoms with van der Waals surface area (Å²) in [4.78, 5) is 14.2. The number of nitrogens with zero attached hydrogens (tertiary/aromatic N) is 1. The van der Waals surface area contributed by atoms with Crippen LogP contribution in [0.1, 0.15) is 38.7 Å². The van der Waals surface area contributed by atoms with Crippen LogP contribution in [0.5, 0.6) is 5.75 Å². The monoisotopic (exact) mass is 367 g/mol. The van der Waals surface area contributed by atoms with Crippen LogP contribution in [0, 0.1) is 5.92 Å². The Morgan fingerprint density at radius 3 is 2.86 bits per heavy atom. The van der Waals surface area contributed by atoms with Crippen molar-refractivity contribution in [1.82, 2.24) is 4.90 Å². The lowest BCUT2D eigenvalue weighted by Gasteiger charge is -2.24. The molecule has 2 heterocycles. The van der Waals surface area contributed by atoms with Crippen LogP contribution in [0.25, 0.3) is 0 Å². The summed E-state index contributed by atoms with van der Waals surface area (Å²) < 4.78 is 12.4. The molecule has 2 aliphatic rings. The molecule has 0 N–H and O–H groups in total. The number of carbonyl (C=O) groups excluding carboxylic acids is 1. The second kappa shape index (κ2) is 5.76. The van der Waals surface area contributed by atoms with Gasteiger partial charge in [0.05, 0.1) is 6.61 Å². The van der Waals surface area contributed by atoms with Crippen molar-refractivity contribution in [3.8, 4) is 5.75 Å². The molecule has 0 spiro atoms. The lowest BCUT2D eigenvalue weighted by molar-refractivity contribution is 0.0284. The minimum Gasteiger partial charge on any atom is -0.493 e. The number of carbonyl (C=O) groups is 1. The smallest absolute Gasteiger partial charge is 0.410 e. The number of fused-ring (bicyclic) bond motifs is 3. The van der Waals surface area contributed by atoms with Crippen molar-refractivity contribution in [2.24, 2.45) is 5.92 Å². The summed E-state index contributed by atoms with van der Waals surface area (Å²) in [5, 5.41) is 0. The van der Waals surface area contributed by atoms with E-state index >= 15 is 0 Å². The molecule has 120 valence electrons. The number of amides is 1. The third kappa shape index (κ3) is 3.24. The minimum atomic E-state index is -0.453. The molecule has 2 aliphatic heterocycles. The molecular weight excluding hydrogens is 346 g/mol. The number of hydrogen-bond donors (Lipinski definition) is 0. The molecule has 1 aromatic rings. The highest BCUT2D eigenvalue weighted by molar-refractivity contribution is 9.10. The average molecular weight is 368 g/mol. The number of rotatable bonds is 0. The van der Waals surface area contributed by atoms with Crippen LogP contribution in [0.15, 0.2) is 22.7 Å². The van der Waals surface area contributed by atoms with Crippen molar-refractivity contribution in [2.75, 3.05) is 19.7 Å². The van der Waals surface area contributed by atoms with E-state index in [4.69, 9.17) is 9.47 Å². The summed E-state index contributed by atoms with van der Waals surface area (Å²) >= 11 is 3.54. The largest absolute Gasteiger partial charge is 0.493 e. The molecule has 5 heteroatoms. The molecule has 2 atom stereocenters. The Labute approximate surface area is 139 Å². The van der Waals surface area contributed by atoms with Gasteiger partial charge in [0.25, 0.3) is 0 Å². The Bertz CT molecular complexity index is 582. The van der Waals surface area contributed by atoms with E-state index in [0.29, 0.717) is 25.0 Å². The van der Waals surface area contributed by atoms with Gasteiger partial charge in [-0.25, -0.2) is 4.79 Å². The molecule has 0 aliphatic carbocycles. The number of likely N-dealkylation sites (tertiary alicyclic amines) is 1. The zero-order valence-corrected chi connectivity index (χ0v) is 14.9. The van der Waals surface area contributed by atoms with Gasteiger partial charge in [0, 0.05) is 29.0 Å². The minimum absolute atomic E-state index is 0.210. The van der Waals surface area contributed by atoms with E-state index in [1.807, 2.05) is 37.8 Å². The van der Waals surface area contributed by atoms with Gasteiger partial charge >= 0.3 is 6.09 Å². The van der Waals surface area contributed by atoms with Gasteiger partial charge in [-0.05, 0) is 51.3 Å². The fraction of sp³-hybridized carbons (Fsp3) is 0.588. The third-order valence-corrected chi connectivity index (χ3v) is 4.70. The van der Waals surface area contributed by atoms with Crippen molar-refractivity contribution in [3.63, 3.8) is 0 Å². The summed E-state index contributed by atoms with van der Waals surface area (Å²) in [5.74, 6) is 1.70. The number of benzene rings is 1. The molecule has 1 fully saturated rings. The first-order valence-electron chi connectivity index (χ1n) is 7.74.